The van der Waals surface area contributed by atoms with Crippen LogP contribution in [-0.4, -0.2) is 43.1 Å². The molecule has 0 aliphatic carbocycles. The molecule has 0 bridgehead atoms. The van der Waals surface area contributed by atoms with Crippen LogP contribution in [-0.2, 0) is 14.3 Å². The number of carbonyl (C=O) groups excluding carboxylic acids is 2. The summed E-state index contributed by atoms with van der Waals surface area (Å²) in [5, 5.41) is 0. The van der Waals surface area contributed by atoms with Gasteiger partial charge in [-0.25, -0.2) is 4.79 Å². The average molecular weight is 315 g/mol. The van der Waals surface area contributed by atoms with E-state index in [1.807, 2.05) is 6.07 Å². The highest BCUT2D eigenvalue weighted by atomic mass is 16.6. The number of morpholine rings is 1. The second-order valence-electron chi connectivity index (χ2n) is 5.11. The van der Waals surface area contributed by atoms with Gasteiger partial charge in [0.25, 0.3) is 5.91 Å². The third kappa shape index (κ3) is 3.60. The Labute approximate surface area is 133 Å². The monoisotopic (exact) mass is 315 g/mol. The molecule has 1 atom stereocenters. The quantitative estimate of drug-likeness (QED) is 0.808. The van der Waals surface area contributed by atoms with Crippen molar-refractivity contribution in [1.82, 2.24) is 4.90 Å². The van der Waals surface area contributed by atoms with Crippen molar-refractivity contribution in [1.29, 1.82) is 0 Å². The van der Waals surface area contributed by atoms with E-state index in [-0.39, 0.29) is 11.7 Å². The molecule has 2 heterocycles. The molecule has 0 radical (unpaired) electrons. The maximum Gasteiger partial charge on any atom is 0.375 e. The van der Waals surface area contributed by atoms with Crippen molar-refractivity contribution < 1.29 is 23.5 Å². The van der Waals surface area contributed by atoms with Gasteiger partial charge in [0.1, 0.15) is 0 Å². The number of benzene rings is 1. The predicted molar refractivity (Wildman–Crippen MR) is 80.7 cm³/mol. The highest BCUT2D eigenvalue weighted by Crippen LogP contribution is 2.22. The molecule has 6 nitrogen and oxygen atoms in total. The first kappa shape index (κ1) is 15.3. The Bertz CT molecular complexity index is 647. The zero-order valence-corrected chi connectivity index (χ0v) is 12.5. The molecule has 3 rings (SSSR count). The molecule has 1 aromatic heterocycles. The molecule has 1 fully saturated rings. The molecule has 1 aliphatic heterocycles. The lowest BCUT2D eigenvalue weighted by molar-refractivity contribution is -0.145. The van der Waals surface area contributed by atoms with Crippen molar-refractivity contribution in [3.05, 3.63) is 60.1 Å². The summed E-state index contributed by atoms with van der Waals surface area (Å²) in [7, 11) is 0. The number of rotatable bonds is 4. The third-order valence-electron chi connectivity index (χ3n) is 3.60. The van der Waals surface area contributed by atoms with E-state index < -0.39 is 12.1 Å². The maximum absolute atomic E-state index is 12.8. The number of nitrogens with zero attached hydrogens (tertiary/aromatic N) is 1. The van der Waals surface area contributed by atoms with Gasteiger partial charge in [0.15, 0.2) is 0 Å². The van der Waals surface area contributed by atoms with Crippen LogP contribution in [0, 0.1) is 0 Å². The molecule has 0 N–H and O–H groups in total. The van der Waals surface area contributed by atoms with Crippen LogP contribution in [0.1, 0.15) is 22.2 Å². The van der Waals surface area contributed by atoms with E-state index in [2.05, 4.69) is 0 Å². The van der Waals surface area contributed by atoms with Crippen LogP contribution in [0.25, 0.3) is 0 Å². The first-order chi connectivity index (χ1) is 11.3. The summed E-state index contributed by atoms with van der Waals surface area (Å²) < 4.78 is 15.7. The van der Waals surface area contributed by atoms with E-state index >= 15 is 0 Å². The van der Waals surface area contributed by atoms with Crippen molar-refractivity contribution in [3.63, 3.8) is 0 Å². The summed E-state index contributed by atoms with van der Waals surface area (Å²) in [5.74, 6) is -0.842. The summed E-state index contributed by atoms with van der Waals surface area (Å²) in [6.07, 6.45) is 0.393. The molecule has 23 heavy (non-hydrogen) atoms. The minimum atomic E-state index is -0.994. The lowest BCUT2D eigenvalue weighted by Crippen LogP contribution is -2.44. The summed E-state index contributed by atoms with van der Waals surface area (Å²) in [6, 6.07) is 12.1. The third-order valence-corrected chi connectivity index (χ3v) is 3.60. The number of furan rings is 1. The average Bonchev–Trinajstić information content (AvgIpc) is 3.15. The van der Waals surface area contributed by atoms with Gasteiger partial charge in [0.05, 0.1) is 19.5 Å². The number of ether oxygens (including phenoxy) is 2. The Balaban J connectivity index is 1.81. The Morgan fingerprint density at radius 3 is 2.43 bits per heavy atom. The number of esters is 1. The zero-order chi connectivity index (χ0) is 16.1. The largest absolute Gasteiger partial charge is 0.457 e. The highest BCUT2D eigenvalue weighted by molar-refractivity contribution is 5.90. The molecular formula is C17H17NO5. The Morgan fingerprint density at radius 2 is 1.78 bits per heavy atom. The molecule has 120 valence electrons. The van der Waals surface area contributed by atoms with E-state index in [9.17, 15) is 9.59 Å². The van der Waals surface area contributed by atoms with Crippen LogP contribution in [0.4, 0.5) is 0 Å². The molecular weight excluding hydrogens is 298 g/mol. The van der Waals surface area contributed by atoms with Gasteiger partial charge >= 0.3 is 5.97 Å². The first-order valence-electron chi connectivity index (χ1n) is 7.41. The van der Waals surface area contributed by atoms with Crippen LogP contribution in [0.3, 0.4) is 0 Å². The van der Waals surface area contributed by atoms with Gasteiger partial charge in [-0.1, -0.05) is 30.3 Å². The SMILES string of the molecule is O=C(O[C@@H](C(=O)N1CCOCC1)c1ccccc1)c1ccco1. The number of hydrogen-bond acceptors (Lipinski definition) is 5. The first-order valence-corrected chi connectivity index (χ1v) is 7.41. The Morgan fingerprint density at radius 1 is 1.04 bits per heavy atom. The van der Waals surface area contributed by atoms with Crippen LogP contribution < -0.4 is 0 Å². The lowest BCUT2D eigenvalue weighted by Gasteiger charge is -2.30. The fourth-order valence-electron chi connectivity index (χ4n) is 2.40. The van der Waals surface area contributed by atoms with Crippen molar-refractivity contribution >= 4 is 11.9 Å². The molecule has 0 saturated carbocycles. The molecule has 1 aromatic carbocycles. The van der Waals surface area contributed by atoms with Gasteiger partial charge in [-0.05, 0) is 12.1 Å². The topological polar surface area (TPSA) is 69.0 Å². The minimum absolute atomic E-state index is 0.0701. The zero-order valence-electron chi connectivity index (χ0n) is 12.5. The van der Waals surface area contributed by atoms with Crippen LogP contribution in [0.5, 0.6) is 0 Å². The Hall–Kier alpha value is -2.60. The second-order valence-corrected chi connectivity index (χ2v) is 5.11. The molecule has 0 unspecified atom stereocenters. The summed E-state index contributed by atoms with van der Waals surface area (Å²) in [5.41, 5.74) is 0.629. The van der Waals surface area contributed by atoms with Crippen LogP contribution in [0.2, 0.25) is 0 Å². The predicted octanol–water partition coefficient (Wildman–Crippen LogP) is 2.04. The molecule has 0 spiro atoms. The van der Waals surface area contributed by atoms with E-state index in [0.29, 0.717) is 31.9 Å². The van der Waals surface area contributed by atoms with Crippen molar-refractivity contribution in [2.24, 2.45) is 0 Å². The van der Waals surface area contributed by atoms with Crippen LogP contribution in [0.15, 0.2) is 53.1 Å². The fourth-order valence-corrected chi connectivity index (χ4v) is 2.40. The molecule has 6 heteroatoms. The Kier molecular flexibility index (Phi) is 4.73. The van der Waals surface area contributed by atoms with Gasteiger partial charge < -0.3 is 18.8 Å². The van der Waals surface area contributed by atoms with Gasteiger partial charge in [-0.3, -0.25) is 4.79 Å². The van der Waals surface area contributed by atoms with Crippen molar-refractivity contribution in [2.75, 3.05) is 26.3 Å². The summed E-state index contributed by atoms with van der Waals surface area (Å²) in [4.78, 5) is 26.6. The van der Waals surface area contributed by atoms with E-state index in [4.69, 9.17) is 13.9 Å². The number of carbonyl (C=O) groups is 2. The fraction of sp³-hybridized carbons (Fsp3) is 0.294. The van der Waals surface area contributed by atoms with Gasteiger partial charge in [0.2, 0.25) is 11.9 Å². The van der Waals surface area contributed by atoms with E-state index in [1.54, 1.807) is 35.2 Å². The van der Waals surface area contributed by atoms with Crippen LogP contribution >= 0.6 is 0 Å². The van der Waals surface area contributed by atoms with E-state index in [0.717, 1.165) is 0 Å². The number of amides is 1. The maximum atomic E-state index is 12.8. The van der Waals surface area contributed by atoms with Gasteiger partial charge in [-0.15, -0.1) is 0 Å². The van der Waals surface area contributed by atoms with Gasteiger partial charge in [-0.2, -0.15) is 0 Å². The smallest absolute Gasteiger partial charge is 0.375 e. The normalized spacial score (nSPS) is 15.9. The van der Waals surface area contributed by atoms with E-state index in [1.165, 1.54) is 12.3 Å². The number of hydrogen-bond donors (Lipinski definition) is 0. The minimum Gasteiger partial charge on any atom is -0.457 e. The molecule has 1 aliphatic rings. The second kappa shape index (κ2) is 7.11. The van der Waals surface area contributed by atoms with Crippen molar-refractivity contribution in [3.8, 4) is 0 Å². The highest BCUT2D eigenvalue weighted by Gasteiger charge is 2.31. The molecule has 2 aromatic rings. The van der Waals surface area contributed by atoms with Crippen molar-refractivity contribution in [2.45, 2.75) is 6.10 Å². The van der Waals surface area contributed by atoms with Gasteiger partial charge in [0, 0.05) is 18.7 Å². The lowest BCUT2D eigenvalue weighted by atomic mass is 10.1. The summed E-state index contributed by atoms with van der Waals surface area (Å²) >= 11 is 0. The molecule has 1 saturated heterocycles. The standard InChI is InChI=1S/C17H17NO5/c19-16(18-8-11-21-12-9-18)15(13-5-2-1-3-6-13)23-17(20)14-7-4-10-22-14/h1-7,10,15H,8-9,11-12H2/t15-/m1/s1. The molecule has 1 amide bonds. The summed E-state index contributed by atoms with van der Waals surface area (Å²) in [6.45, 7) is 1.94.